The Morgan fingerprint density at radius 1 is 1.17 bits per heavy atom. The summed E-state index contributed by atoms with van der Waals surface area (Å²) in [6.45, 7) is 0.475. The van der Waals surface area contributed by atoms with Gasteiger partial charge in [-0.2, -0.15) is 5.26 Å². The summed E-state index contributed by atoms with van der Waals surface area (Å²) in [5, 5.41) is 12.1. The van der Waals surface area contributed by atoms with Crippen molar-refractivity contribution in [2.24, 2.45) is 0 Å². The van der Waals surface area contributed by atoms with Gasteiger partial charge in [-0.1, -0.05) is 23.7 Å². The molecule has 0 aromatic heterocycles. The highest BCUT2D eigenvalue weighted by molar-refractivity contribution is 6.30. The first-order valence-electron chi connectivity index (χ1n) is 5.37. The lowest BCUT2D eigenvalue weighted by molar-refractivity contribution is 0.630. The number of nitrogens with one attached hydrogen (secondary N) is 1. The number of nitrogens with zero attached hydrogens (tertiary/aromatic N) is 1. The first-order chi connectivity index (χ1) is 8.69. The molecule has 18 heavy (non-hydrogen) atoms. The molecule has 0 heterocycles. The number of nitriles is 1. The van der Waals surface area contributed by atoms with Gasteiger partial charge in [0, 0.05) is 11.6 Å². The number of hydrogen-bond acceptors (Lipinski definition) is 2. The lowest BCUT2D eigenvalue weighted by Gasteiger charge is -2.08. The van der Waals surface area contributed by atoms with Crippen LogP contribution in [-0.4, -0.2) is 0 Å². The molecule has 90 valence electrons. The fourth-order valence-corrected chi connectivity index (χ4v) is 1.70. The van der Waals surface area contributed by atoms with Gasteiger partial charge in [-0.3, -0.25) is 0 Å². The molecule has 2 aromatic rings. The van der Waals surface area contributed by atoms with Gasteiger partial charge >= 0.3 is 0 Å². The van der Waals surface area contributed by atoms with Gasteiger partial charge in [0.15, 0.2) is 0 Å². The molecule has 0 bridgehead atoms. The van der Waals surface area contributed by atoms with E-state index in [2.05, 4.69) is 5.32 Å². The van der Waals surface area contributed by atoms with Crippen LogP contribution in [0.25, 0.3) is 0 Å². The van der Waals surface area contributed by atoms with Crippen LogP contribution in [0.1, 0.15) is 11.1 Å². The maximum Gasteiger partial charge on any atom is 0.146 e. The first-order valence-corrected chi connectivity index (χ1v) is 5.75. The Bertz CT molecular complexity index is 588. The van der Waals surface area contributed by atoms with Crippen molar-refractivity contribution in [1.29, 1.82) is 5.26 Å². The molecule has 0 radical (unpaired) electrons. The Labute approximate surface area is 110 Å². The molecular weight excluding hydrogens is 251 g/mol. The summed E-state index contributed by atoms with van der Waals surface area (Å²) in [5.74, 6) is -0.340. The molecule has 0 amide bonds. The van der Waals surface area contributed by atoms with E-state index in [4.69, 9.17) is 16.9 Å². The van der Waals surface area contributed by atoms with Crippen molar-refractivity contribution < 1.29 is 4.39 Å². The molecule has 0 unspecified atom stereocenters. The Balaban J connectivity index is 2.07. The van der Waals surface area contributed by atoms with E-state index in [0.29, 0.717) is 22.8 Å². The summed E-state index contributed by atoms with van der Waals surface area (Å²) < 4.78 is 13.4. The van der Waals surface area contributed by atoms with Crippen LogP contribution in [0.3, 0.4) is 0 Å². The van der Waals surface area contributed by atoms with Gasteiger partial charge in [-0.05, 0) is 35.9 Å². The van der Waals surface area contributed by atoms with Crippen LogP contribution in [0, 0.1) is 17.1 Å². The van der Waals surface area contributed by atoms with Crippen molar-refractivity contribution in [2.45, 2.75) is 6.54 Å². The number of halogens is 2. The van der Waals surface area contributed by atoms with Crippen molar-refractivity contribution in [3.8, 4) is 6.07 Å². The molecule has 0 fully saturated rings. The lowest BCUT2D eigenvalue weighted by atomic mass is 10.1. The molecule has 2 aromatic carbocycles. The fourth-order valence-electron chi connectivity index (χ4n) is 1.53. The largest absolute Gasteiger partial charge is 0.379 e. The minimum Gasteiger partial charge on any atom is -0.379 e. The molecule has 0 aliphatic rings. The molecule has 0 saturated carbocycles. The van der Waals surface area contributed by atoms with E-state index in [1.165, 1.54) is 12.1 Å². The van der Waals surface area contributed by atoms with E-state index >= 15 is 0 Å². The lowest BCUT2D eigenvalue weighted by Crippen LogP contribution is -2.01. The maximum absolute atomic E-state index is 13.4. The summed E-state index contributed by atoms with van der Waals surface area (Å²) in [7, 11) is 0. The van der Waals surface area contributed by atoms with Crippen molar-refractivity contribution in [2.75, 3.05) is 5.32 Å². The average Bonchev–Trinajstić information content (AvgIpc) is 2.40. The second-order valence-electron chi connectivity index (χ2n) is 3.79. The molecule has 0 saturated heterocycles. The van der Waals surface area contributed by atoms with Crippen LogP contribution in [0.2, 0.25) is 5.02 Å². The van der Waals surface area contributed by atoms with Crippen LogP contribution in [0.4, 0.5) is 10.1 Å². The molecular formula is C14H10ClFN2. The molecule has 1 N–H and O–H groups in total. The average molecular weight is 261 g/mol. The van der Waals surface area contributed by atoms with E-state index in [9.17, 15) is 4.39 Å². The second kappa shape index (κ2) is 5.52. The number of anilines is 1. The number of benzene rings is 2. The zero-order valence-corrected chi connectivity index (χ0v) is 10.2. The number of rotatable bonds is 3. The summed E-state index contributed by atoms with van der Waals surface area (Å²) in [4.78, 5) is 0. The van der Waals surface area contributed by atoms with Crippen molar-refractivity contribution in [3.05, 3.63) is 64.4 Å². The quantitative estimate of drug-likeness (QED) is 0.907. The molecule has 2 nitrogen and oxygen atoms in total. The van der Waals surface area contributed by atoms with Gasteiger partial charge in [0.2, 0.25) is 0 Å². The van der Waals surface area contributed by atoms with Gasteiger partial charge in [0.25, 0.3) is 0 Å². The SMILES string of the molecule is N#Cc1ccc(CNc2cc(Cl)ccc2F)cc1. The zero-order valence-electron chi connectivity index (χ0n) is 9.45. The van der Waals surface area contributed by atoms with Crippen LogP contribution >= 0.6 is 11.6 Å². The normalized spacial score (nSPS) is 9.83. The molecule has 0 spiro atoms. The first kappa shape index (κ1) is 12.4. The summed E-state index contributed by atoms with van der Waals surface area (Å²) >= 11 is 5.80. The van der Waals surface area contributed by atoms with E-state index in [1.807, 2.05) is 18.2 Å². The Morgan fingerprint density at radius 2 is 1.89 bits per heavy atom. The molecule has 0 aliphatic carbocycles. The van der Waals surface area contributed by atoms with E-state index in [-0.39, 0.29) is 5.82 Å². The van der Waals surface area contributed by atoms with Gasteiger partial charge in [0.05, 0.1) is 17.3 Å². The molecule has 2 rings (SSSR count). The minimum atomic E-state index is -0.340. The van der Waals surface area contributed by atoms with Gasteiger partial charge in [-0.15, -0.1) is 0 Å². The van der Waals surface area contributed by atoms with Crippen LogP contribution in [-0.2, 0) is 6.54 Å². The van der Waals surface area contributed by atoms with Crippen LogP contribution in [0.5, 0.6) is 0 Å². The summed E-state index contributed by atoms with van der Waals surface area (Å²) in [6, 6.07) is 13.5. The number of hydrogen-bond donors (Lipinski definition) is 1. The van der Waals surface area contributed by atoms with Gasteiger partial charge in [-0.25, -0.2) is 4.39 Å². The van der Waals surface area contributed by atoms with Gasteiger partial charge < -0.3 is 5.32 Å². The Hall–Kier alpha value is -2.05. The smallest absolute Gasteiger partial charge is 0.146 e. The highest BCUT2D eigenvalue weighted by atomic mass is 35.5. The van der Waals surface area contributed by atoms with Gasteiger partial charge in [0.1, 0.15) is 5.82 Å². The topological polar surface area (TPSA) is 35.8 Å². The molecule has 4 heteroatoms. The predicted molar refractivity (Wildman–Crippen MR) is 69.9 cm³/mol. The second-order valence-corrected chi connectivity index (χ2v) is 4.22. The van der Waals surface area contributed by atoms with E-state index in [0.717, 1.165) is 5.56 Å². The van der Waals surface area contributed by atoms with Crippen molar-refractivity contribution in [3.63, 3.8) is 0 Å². The predicted octanol–water partition coefficient (Wildman–Crippen LogP) is 3.96. The summed E-state index contributed by atoms with van der Waals surface area (Å²) in [5.41, 5.74) is 1.94. The summed E-state index contributed by atoms with van der Waals surface area (Å²) in [6.07, 6.45) is 0. The fraction of sp³-hybridized carbons (Fsp3) is 0.0714. The maximum atomic E-state index is 13.4. The van der Waals surface area contributed by atoms with Crippen LogP contribution in [0.15, 0.2) is 42.5 Å². The highest BCUT2D eigenvalue weighted by Gasteiger charge is 2.02. The highest BCUT2D eigenvalue weighted by Crippen LogP contribution is 2.20. The van der Waals surface area contributed by atoms with E-state index < -0.39 is 0 Å². The van der Waals surface area contributed by atoms with E-state index in [1.54, 1.807) is 18.2 Å². The van der Waals surface area contributed by atoms with Crippen molar-refractivity contribution >= 4 is 17.3 Å². The third kappa shape index (κ3) is 2.99. The zero-order chi connectivity index (χ0) is 13.0. The molecule has 0 aliphatic heterocycles. The standard InChI is InChI=1S/C14H10ClFN2/c15-12-5-6-13(16)14(7-12)18-9-11-3-1-10(8-17)2-4-11/h1-7,18H,9H2. The third-order valence-electron chi connectivity index (χ3n) is 2.49. The monoisotopic (exact) mass is 260 g/mol. The third-order valence-corrected chi connectivity index (χ3v) is 2.73. The Morgan fingerprint density at radius 3 is 2.56 bits per heavy atom. The van der Waals surface area contributed by atoms with Crippen LogP contribution < -0.4 is 5.32 Å². The van der Waals surface area contributed by atoms with Crippen molar-refractivity contribution in [1.82, 2.24) is 0 Å². The minimum absolute atomic E-state index is 0.340. The Kier molecular flexibility index (Phi) is 3.81. The molecule has 0 atom stereocenters.